The van der Waals surface area contributed by atoms with Gasteiger partial charge >= 0.3 is 0 Å². The third-order valence-corrected chi connectivity index (χ3v) is 6.42. The molecule has 1 amide bonds. The summed E-state index contributed by atoms with van der Waals surface area (Å²) in [7, 11) is 0. The molecule has 0 spiro atoms. The van der Waals surface area contributed by atoms with Crippen molar-refractivity contribution in [2.24, 2.45) is 0 Å². The Hall–Kier alpha value is -3.67. The van der Waals surface area contributed by atoms with Gasteiger partial charge in [-0.05, 0) is 68.3 Å². The van der Waals surface area contributed by atoms with Gasteiger partial charge in [0.15, 0.2) is 5.65 Å². The zero-order valence-corrected chi connectivity index (χ0v) is 18.7. The number of hydrogen-bond donors (Lipinski definition) is 0. The average molecular weight is 426 g/mol. The highest BCUT2D eigenvalue weighted by molar-refractivity contribution is 5.95. The topological polar surface area (TPSA) is 54.3 Å². The lowest BCUT2D eigenvalue weighted by atomic mass is 10.1. The maximum absolute atomic E-state index is 13.3. The second-order valence-corrected chi connectivity index (χ2v) is 8.39. The first-order valence-corrected chi connectivity index (χ1v) is 11.0. The molecule has 2 aromatic heterocycles. The number of carbonyl (C=O) groups is 1. The lowest BCUT2D eigenvalue weighted by molar-refractivity contribution is 0.0746. The fourth-order valence-electron chi connectivity index (χ4n) is 4.52. The molecule has 1 saturated heterocycles. The molecule has 0 atom stereocenters. The minimum atomic E-state index is 0.0718. The summed E-state index contributed by atoms with van der Waals surface area (Å²) in [5, 5.41) is 0. The van der Waals surface area contributed by atoms with Gasteiger partial charge in [-0.25, -0.2) is 9.97 Å². The van der Waals surface area contributed by atoms with Gasteiger partial charge in [0.05, 0.1) is 0 Å². The Bertz CT molecular complexity index is 1300. The Morgan fingerprint density at radius 3 is 2.50 bits per heavy atom. The molecular formula is C26H27N5O. The summed E-state index contributed by atoms with van der Waals surface area (Å²) in [6.45, 7) is 9.38. The maximum Gasteiger partial charge on any atom is 0.254 e. The molecule has 5 rings (SSSR count). The van der Waals surface area contributed by atoms with E-state index in [4.69, 9.17) is 0 Å². The lowest BCUT2D eigenvalue weighted by Crippen LogP contribution is -2.49. The van der Waals surface area contributed by atoms with Crippen LogP contribution in [0.5, 0.6) is 0 Å². The third-order valence-electron chi connectivity index (χ3n) is 6.42. The van der Waals surface area contributed by atoms with Crippen LogP contribution in [-0.2, 0) is 0 Å². The molecule has 0 unspecified atom stereocenters. The summed E-state index contributed by atoms with van der Waals surface area (Å²) in [5.74, 6) is 0.924. The molecule has 1 fully saturated rings. The molecule has 0 bridgehead atoms. The van der Waals surface area contributed by atoms with Gasteiger partial charge in [-0.1, -0.05) is 18.2 Å². The van der Waals surface area contributed by atoms with Crippen molar-refractivity contribution in [1.29, 1.82) is 0 Å². The number of hydrogen-bond acceptors (Lipinski definition) is 4. The van der Waals surface area contributed by atoms with E-state index in [2.05, 4.69) is 46.9 Å². The van der Waals surface area contributed by atoms with E-state index in [-0.39, 0.29) is 5.91 Å². The number of benzene rings is 2. The van der Waals surface area contributed by atoms with Crippen molar-refractivity contribution in [2.45, 2.75) is 20.8 Å². The van der Waals surface area contributed by atoms with Crippen LogP contribution in [0.3, 0.4) is 0 Å². The number of aryl methyl sites for hydroxylation is 2. The van der Waals surface area contributed by atoms with Crippen LogP contribution in [0.4, 0.5) is 5.69 Å². The fraction of sp³-hybridized carbons (Fsp3) is 0.269. The maximum atomic E-state index is 13.3. The van der Waals surface area contributed by atoms with E-state index >= 15 is 0 Å². The summed E-state index contributed by atoms with van der Waals surface area (Å²) in [6.07, 6.45) is 1.77. The monoisotopic (exact) mass is 425 g/mol. The second kappa shape index (κ2) is 8.11. The molecule has 0 saturated carbocycles. The first-order chi connectivity index (χ1) is 15.5. The van der Waals surface area contributed by atoms with E-state index in [0.717, 1.165) is 35.8 Å². The smallest absolute Gasteiger partial charge is 0.254 e. The minimum absolute atomic E-state index is 0.0718. The number of fused-ring (bicyclic) bond motifs is 1. The number of nitrogens with zero attached hydrogens (tertiary/aromatic N) is 5. The molecule has 1 aliphatic rings. The van der Waals surface area contributed by atoms with E-state index < -0.39 is 0 Å². The molecule has 0 radical (unpaired) electrons. The Morgan fingerprint density at radius 1 is 0.906 bits per heavy atom. The van der Waals surface area contributed by atoms with Crippen LogP contribution in [0.1, 0.15) is 27.3 Å². The van der Waals surface area contributed by atoms with Gasteiger partial charge in [-0.3, -0.25) is 9.36 Å². The standard InChI is InChI=1S/C26H27N5O/c1-18-7-4-11-24(19(18)2)29-13-15-30(16-14-29)26(32)21-8-5-9-22(17-21)31-20(3)28-23-10-6-12-27-25(23)31/h4-12,17H,13-16H2,1-3H3. The van der Waals surface area contributed by atoms with Crippen molar-refractivity contribution in [3.05, 3.63) is 83.3 Å². The molecule has 6 heteroatoms. The summed E-state index contributed by atoms with van der Waals surface area (Å²) < 4.78 is 2.00. The number of piperazine rings is 1. The zero-order chi connectivity index (χ0) is 22.2. The zero-order valence-electron chi connectivity index (χ0n) is 18.7. The molecule has 32 heavy (non-hydrogen) atoms. The summed E-state index contributed by atoms with van der Waals surface area (Å²) in [5.41, 5.74) is 7.14. The number of pyridine rings is 1. The largest absolute Gasteiger partial charge is 0.368 e. The van der Waals surface area contributed by atoms with Crippen molar-refractivity contribution in [3.63, 3.8) is 0 Å². The van der Waals surface area contributed by atoms with Crippen LogP contribution in [0.2, 0.25) is 0 Å². The average Bonchev–Trinajstić information content (AvgIpc) is 3.16. The third kappa shape index (κ3) is 3.51. The molecule has 6 nitrogen and oxygen atoms in total. The minimum Gasteiger partial charge on any atom is -0.368 e. The molecule has 3 heterocycles. The summed E-state index contributed by atoms with van der Waals surface area (Å²) in [6, 6.07) is 18.0. The Labute approximate surface area is 188 Å². The van der Waals surface area contributed by atoms with Gasteiger partial charge in [0.2, 0.25) is 0 Å². The van der Waals surface area contributed by atoms with E-state index in [9.17, 15) is 4.79 Å². The van der Waals surface area contributed by atoms with Crippen LogP contribution in [0, 0.1) is 20.8 Å². The van der Waals surface area contributed by atoms with Crippen LogP contribution < -0.4 is 4.90 Å². The number of aromatic nitrogens is 3. The SMILES string of the molecule is Cc1cccc(N2CCN(C(=O)c3cccc(-n4c(C)nc5cccnc54)c3)CC2)c1C. The Balaban J connectivity index is 1.36. The number of amides is 1. The quantitative estimate of drug-likeness (QED) is 0.491. The number of imidazole rings is 1. The van der Waals surface area contributed by atoms with Gasteiger partial charge in [-0.2, -0.15) is 0 Å². The molecule has 1 aliphatic heterocycles. The number of rotatable bonds is 3. The van der Waals surface area contributed by atoms with Crippen molar-refractivity contribution < 1.29 is 4.79 Å². The van der Waals surface area contributed by atoms with Crippen molar-refractivity contribution in [3.8, 4) is 5.69 Å². The van der Waals surface area contributed by atoms with Crippen LogP contribution >= 0.6 is 0 Å². The van der Waals surface area contributed by atoms with Gasteiger partial charge in [0.1, 0.15) is 11.3 Å². The normalized spacial score (nSPS) is 14.2. The number of carbonyl (C=O) groups excluding carboxylic acids is 1. The highest BCUT2D eigenvalue weighted by atomic mass is 16.2. The highest BCUT2D eigenvalue weighted by Crippen LogP contribution is 2.25. The molecule has 0 aliphatic carbocycles. The van der Waals surface area contributed by atoms with Gasteiger partial charge in [0, 0.05) is 49.3 Å². The van der Waals surface area contributed by atoms with E-state index in [0.29, 0.717) is 18.7 Å². The van der Waals surface area contributed by atoms with E-state index in [1.807, 2.05) is 52.8 Å². The predicted molar refractivity (Wildman–Crippen MR) is 128 cm³/mol. The summed E-state index contributed by atoms with van der Waals surface area (Å²) in [4.78, 5) is 26.7. The molecule has 162 valence electrons. The van der Waals surface area contributed by atoms with Gasteiger partial charge in [-0.15, -0.1) is 0 Å². The summed E-state index contributed by atoms with van der Waals surface area (Å²) >= 11 is 0. The van der Waals surface area contributed by atoms with Crippen LogP contribution in [0.25, 0.3) is 16.9 Å². The first-order valence-electron chi connectivity index (χ1n) is 11.0. The number of anilines is 1. The molecule has 4 aromatic rings. The lowest BCUT2D eigenvalue weighted by Gasteiger charge is -2.37. The highest BCUT2D eigenvalue weighted by Gasteiger charge is 2.24. The van der Waals surface area contributed by atoms with Crippen LogP contribution in [0.15, 0.2) is 60.8 Å². The predicted octanol–water partition coefficient (Wildman–Crippen LogP) is 4.31. The second-order valence-electron chi connectivity index (χ2n) is 8.39. The van der Waals surface area contributed by atoms with Crippen LogP contribution in [-0.4, -0.2) is 51.5 Å². The van der Waals surface area contributed by atoms with Gasteiger partial charge < -0.3 is 9.80 Å². The van der Waals surface area contributed by atoms with Gasteiger partial charge in [0.25, 0.3) is 5.91 Å². The van der Waals surface area contributed by atoms with Crippen molar-refractivity contribution in [1.82, 2.24) is 19.4 Å². The first kappa shape index (κ1) is 20.2. The Morgan fingerprint density at radius 2 is 1.69 bits per heavy atom. The van der Waals surface area contributed by atoms with Crippen molar-refractivity contribution >= 4 is 22.8 Å². The van der Waals surface area contributed by atoms with Crippen molar-refractivity contribution in [2.75, 3.05) is 31.1 Å². The molecular weight excluding hydrogens is 398 g/mol. The molecule has 0 N–H and O–H groups in total. The Kier molecular flexibility index (Phi) is 5.13. The molecule has 2 aromatic carbocycles. The fourth-order valence-corrected chi connectivity index (χ4v) is 4.52. The van der Waals surface area contributed by atoms with E-state index in [1.54, 1.807) is 6.20 Å². The van der Waals surface area contributed by atoms with E-state index in [1.165, 1.54) is 16.8 Å².